The molecule has 7 nitrogen and oxygen atoms in total. The van der Waals surface area contributed by atoms with Crippen molar-refractivity contribution in [2.24, 2.45) is 5.10 Å². The molecule has 1 aliphatic rings. The summed E-state index contributed by atoms with van der Waals surface area (Å²) in [7, 11) is -3.70. The first-order chi connectivity index (χ1) is 13.5. The van der Waals surface area contributed by atoms with E-state index in [-0.39, 0.29) is 17.4 Å². The molecule has 8 heteroatoms. The Balaban J connectivity index is 1.57. The number of carbonyl (C=O) groups excluding carboxylic acids is 1. The summed E-state index contributed by atoms with van der Waals surface area (Å²) in [6, 6.07) is 15.1. The second-order valence-corrected chi connectivity index (χ2v) is 8.17. The Morgan fingerprint density at radius 2 is 1.71 bits per heavy atom. The van der Waals surface area contributed by atoms with Gasteiger partial charge < -0.3 is 9.64 Å². The zero-order chi connectivity index (χ0) is 20.0. The zero-order valence-electron chi connectivity index (χ0n) is 15.7. The SMILES string of the molecule is C/C(=N/NS(=O)(=O)c1ccccc1)c1ccc(OCC(=O)N2CCCC2)cc1. The van der Waals surface area contributed by atoms with E-state index in [2.05, 4.69) is 9.93 Å². The molecule has 1 fully saturated rings. The molecule has 0 aromatic heterocycles. The monoisotopic (exact) mass is 401 g/mol. The van der Waals surface area contributed by atoms with Gasteiger partial charge in [0.25, 0.3) is 15.9 Å². The van der Waals surface area contributed by atoms with Gasteiger partial charge in [-0.1, -0.05) is 18.2 Å². The fourth-order valence-electron chi connectivity index (χ4n) is 2.84. The third-order valence-corrected chi connectivity index (χ3v) is 5.70. The van der Waals surface area contributed by atoms with Crippen LogP contribution in [-0.2, 0) is 14.8 Å². The molecular weight excluding hydrogens is 378 g/mol. The second kappa shape index (κ2) is 8.88. The van der Waals surface area contributed by atoms with Gasteiger partial charge in [0.2, 0.25) is 0 Å². The Bertz CT molecular complexity index is 935. The number of benzene rings is 2. The van der Waals surface area contributed by atoms with Gasteiger partial charge in [-0.25, -0.2) is 0 Å². The summed E-state index contributed by atoms with van der Waals surface area (Å²) in [5.41, 5.74) is 1.26. The number of hydrogen-bond acceptors (Lipinski definition) is 5. The van der Waals surface area contributed by atoms with Crippen LogP contribution in [0.4, 0.5) is 0 Å². The maximum absolute atomic E-state index is 12.2. The molecule has 1 N–H and O–H groups in total. The van der Waals surface area contributed by atoms with E-state index in [4.69, 9.17) is 4.74 Å². The van der Waals surface area contributed by atoms with Gasteiger partial charge in [0, 0.05) is 13.1 Å². The Morgan fingerprint density at radius 3 is 2.36 bits per heavy atom. The third kappa shape index (κ3) is 5.10. The van der Waals surface area contributed by atoms with Gasteiger partial charge in [0.15, 0.2) is 6.61 Å². The average Bonchev–Trinajstić information content (AvgIpc) is 3.26. The molecule has 0 saturated carbocycles. The smallest absolute Gasteiger partial charge is 0.276 e. The molecule has 1 saturated heterocycles. The fourth-order valence-corrected chi connectivity index (χ4v) is 3.72. The van der Waals surface area contributed by atoms with Gasteiger partial charge in [-0.2, -0.15) is 18.4 Å². The molecule has 0 unspecified atom stereocenters. The molecular formula is C20H23N3O4S. The van der Waals surface area contributed by atoms with Crippen LogP contribution >= 0.6 is 0 Å². The zero-order valence-corrected chi connectivity index (χ0v) is 16.5. The van der Waals surface area contributed by atoms with Crippen molar-refractivity contribution in [2.75, 3.05) is 19.7 Å². The molecule has 0 atom stereocenters. The summed E-state index contributed by atoms with van der Waals surface area (Å²) >= 11 is 0. The Kier molecular flexibility index (Phi) is 6.30. The number of nitrogens with zero attached hydrogens (tertiary/aromatic N) is 2. The number of amides is 1. The predicted octanol–water partition coefficient (Wildman–Crippen LogP) is 2.39. The van der Waals surface area contributed by atoms with Crippen molar-refractivity contribution in [1.29, 1.82) is 0 Å². The number of sulfonamides is 1. The van der Waals surface area contributed by atoms with Crippen LogP contribution in [-0.4, -0.2) is 44.6 Å². The number of hydrogen-bond donors (Lipinski definition) is 1. The number of carbonyl (C=O) groups is 1. The van der Waals surface area contributed by atoms with Crippen molar-refractivity contribution in [3.63, 3.8) is 0 Å². The van der Waals surface area contributed by atoms with Gasteiger partial charge in [0.1, 0.15) is 5.75 Å². The van der Waals surface area contributed by atoms with Gasteiger partial charge in [0.05, 0.1) is 10.6 Å². The lowest BCUT2D eigenvalue weighted by Gasteiger charge is -2.15. The largest absolute Gasteiger partial charge is 0.484 e. The van der Waals surface area contributed by atoms with Crippen molar-refractivity contribution < 1.29 is 17.9 Å². The van der Waals surface area contributed by atoms with E-state index in [1.165, 1.54) is 12.1 Å². The maximum Gasteiger partial charge on any atom is 0.276 e. The van der Waals surface area contributed by atoms with Crippen molar-refractivity contribution in [2.45, 2.75) is 24.7 Å². The number of nitrogens with one attached hydrogen (secondary N) is 1. The van der Waals surface area contributed by atoms with Crippen molar-refractivity contribution in [3.8, 4) is 5.75 Å². The second-order valence-electron chi connectivity index (χ2n) is 6.51. The van der Waals surface area contributed by atoms with E-state index in [1.807, 2.05) is 4.90 Å². The minimum absolute atomic E-state index is 0.00496. The van der Waals surface area contributed by atoms with E-state index < -0.39 is 10.0 Å². The summed E-state index contributed by atoms with van der Waals surface area (Å²) in [4.78, 5) is 16.2. The topological polar surface area (TPSA) is 88.1 Å². The number of rotatable bonds is 7. The predicted molar refractivity (Wildman–Crippen MR) is 107 cm³/mol. The van der Waals surface area contributed by atoms with Crippen LogP contribution in [0.5, 0.6) is 5.75 Å². The summed E-state index contributed by atoms with van der Waals surface area (Å²) in [6.45, 7) is 3.33. The highest BCUT2D eigenvalue weighted by Crippen LogP contribution is 2.14. The minimum Gasteiger partial charge on any atom is -0.484 e. The fraction of sp³-hybridized carbons (Fsp3) is 0.300. The minimum atomic E-state index is -3.70. The van der Waals surface area contributed by atoms with Crippen LogP contribution in [0.2, 0.25) is 0 Å². The van der Waals surface area contributed by atoms with Crippen LogP contribution in [0.15, 0.2) is 64.6 Å². The number of likely N-dealkylation sites (tertiary alicyclic amines) is 1. The van der Waals surface area contributed by atoms with Crippen LogP contribution in [0, 0.1) is 0 Å². The van der Waals surface area contributed by atoms with Gasteiger partial charge in [-0.15, -0.1) is 0 Å². The summed E-state index contributed by atoms with van der Waals surface area (Å²) in [5.74, 6) is 0.573. The van der Waals surface area contributed by atoms with Gasteiger partial charge >= 0.3 is 0 Å². The van der Waals surface area contributed by atoms with E-state index in [0.717, 1.165) is 31.5 Å². The highest BCUT2D eigenvalue weighted by molar-refractivity contribution is 7.89. The molecule has 0 spiro atoms. The lowest BCUT2D eigenvalue weighted by Crippen LogP contribution is -2.32. The lowest BCUT2D eigenvalue weighted by molar-refractivity contribution is -0.132. The molecule has 0 radical (unpaired) electrons. The van der Waals surface area contributed by atoms with E-state index in [1.54, 1.807) is 49.4 Å². The highest BCUT2D eigenvalue weighted by atomic mass is 32.2. The third-order valence-electron chi connectivity index (χ3n) is 4.48. The van der Waals surface area contributed by atoms with E-state index in [0.29, 0.717) is 11.5 Å². The molecule has 1 amide bonds. The Morgan fingerprint density at radius 1 is 1.07 bits per heavy atom. The molecule has 148 valence electrons. The highest BCUT2D eigenvalue weighted by Gasteiger charge is 2.18. The molecule has 3 rings (SSSR count). The molecule has 1 aliphatic heterocycles. The van der Waals surface area contributed by atoms with Crippen LogP contribution in [0.1, 0.15) is 25.3 Å². The van der Waals surface area contributed by atoms with Crippen molar-refractivity contribution >= 4 is 21.6 Å². The lowest BCUT2D eigenvalue weighted by atomic mass is 10.1. The summed E-state index contributed by atoms with van der Waals surface area (Å²) < 4.78 is 30.0. The van der Waals surface area contributed by atoms with Crippen LogP contribution in [0.3, 0.4) is 0 Å². The number of ether oxygens (including phenoxy) is 1. The molecule has 0 bridgehead atoms. The standard InChI is InChI=1S/C20H23N3O4S/c1-16(21-22-28(25,26)19-7-3-2-4-8-19)17-9-11-18(12-10-17)27-15-20(24)23-13-5-6-14-23/h2-4,7-12,22H,5-6,13-15H2,1H3/b21-16-. The van der Waals surface area contributed by atoms with E-state index in [9.17, 15) is 13.2 Å². The Labute approximate surface area is 165 Å². The first kappa shape index (κ1) is 19.9. The molecule has 2 aromatic rings. The Hall–Kier alpha value is -2.87. The average molecular weight is 401 g/mol. The van der Waals surface area contributed by atoms with Gasteiger partial charge in [-0.05, 0) is 61.7 Å². The van der Waals surface area contributed by atoms with E-state index >= 15 is 0 Å². The number of hydrazone groups is 1. The molecule has 28 heavy (non-hydrogen) atoms. The molecule has 2 aromatic carbocycles. The maximum atomic E-state index is 12.2. The van der Waals surface area contributed by atoms with Crippen molar-refractivity contribution in [1.82, 2.24) is 9.73 Å². The molecule has 1 heterocycles. The first-order valence-corrected chi connectivity index (χ1v) is 10.6. The van der Waals surface area contributed by atoms with Gasteiger partial charge in [-0.3, -0.25) is 4.79 Å². The molecule has 0 aliphatic carbocycles. The summed E-state index contributed by atoms with van der Waals surface area (Å²) in [6.07, 6.45) is 2.10. The first-order valence-electron chi connectivity index (χ1n) is 9.08. The quantitative estimate of drug-likeness (QED) is 0.570. The van der Waals surface area contributed by atoms with Crippen molar-refractivity contribution in [3.05, 3.63) is 60.2 Å². The normalized spacial score (nSPS) is 14.8. The van der Waals surface area contributed by atoms with Crippen LogP contribution in [0.25, 0.3) is 0 Å². The van der Waals surface area contributed by atoms with Crippen LogP contribution < -0.4 is 9.57 Å². The summed E-state index contributed by atoms with van der Waals surface area (Å²) in [5, 5.41) is 3.98.